The molecule has 0 aliphatic rings. The van der Waals surface area contributed by atoms with Crippen LogP contribution in [0.3, 0.4) is 0 Å². The second kappa shape index (κ2) is 15.0. The van der Waals surface area contributed by atoms with Crippen LogP contribution in [0.25, 0.3) is 56.4 Å². The second-order valence-corrected chi connectivity index (χ2v) is 13.8. The maximum atomic E-state index is 5.27. The van der Waals surface area contributed by atoms with E-state index >= 15 is 0 Å². The summed E-state index contributed by atoms with van der Waals surface area (Å²) >= 11 is 0. The van der Waals surface area contributed by atoms with Crippen molar-refractivity contribution in [1.82, 2.24) is 88.3 Å². The molecule has 20 heteroatoms. The summed E-state index contributed by atoms with van der Waals surface area (Å²) in [5, 5.41) is 25.4. The van der Waals surface area contributed by atoms with Gasteiger partial charge in [-0.25, -0.2) is 39.3 Å². The van der Waals surface area contributed by atoms with Crippen LogP contribution in [-0.2, 0) is 36.8 Å². The van der Waals surface area contributed by atoms with Crippen molar-refractivity contribution in [2.45, 2.75) is 39.1 Å². The van der Waals surface area contributed by atoms with Crippen molar-refractivity contribution in [3.05, 3.63) is 109 Å². The molecule has 10 heterocycles. The quantitative estimate of drug-likeness (QED) is 0.192. The Balaban J connectivity index is 0.000000150. The van der Waals surface area contributed by atoms with Crippen LogP contribution in [0.4, 0.5) is 0 Å². The van der Waals surface area contributed by atoms with Gasteiger partial charge < -0.3 is 18.3 Å². The van der Waals surface area contributed by atoms with Crippen LogP contribution in [0.1, 0.15) is 48.4 Å². The topological polar surface area (TPSA) is 202 Å². The van der Waals surface area contributed by atoms with Crippen LogP contribution in [0.2, 0.25) is 0 Å². The number of methoxy groups -OCH3 is 2. The lowest BCUT2D eigenvalue weighted by Crippen LogP contribution is -2.11. The number of pyridine rings is 2. The van der Waals surface area contributed by atoms with E-state index in [2.05, 4.69) is 64.6 Å². The normalized spacial score (nSPS) is 12.8. The van der Waals surface area contributed by atoms with E-state index in [4.69, 9.17) is 19.4 Å². The van der Waals surface area contributed by atoms with Crippen molar-refractivity contribution in [2.75, 3.05) is 14.2 Å². The number of aryl methyl sites for hydroxylation is 2. The van der Waals surface area contributed by atoms with Crippen molar-refractivity contribution in [2.24, 2.45) is 14.1 Å². The van der Waals surface area contributed by atoms with Gasteiger partial charge in [0, 0.05) is 64.2 Å². The van der Waals surface area contributed by atoms with E-state index in [9.17, 15) is 0 Å². The second-order valence-electron chi connectivity index (χ2n) is 13.8. The third-order valence-corrected chi connectivity index (χ3v) is 9.87. The molecule has 0 aliphatic heterocycles. The van der Waals surface area contributed by atoms with E-state index in [1.165, 1.54) is 0 Å². The zero-order valence-electron chi connectivity index (χ0n) is 32.5. The highest BCUT2D eigenvalue weighted by molar-refractivity contribution is 5.71. The average molecular weight is 779 g/mol. The summed E-state index contributed by atoms with van der Waals surface area (Å²) in [5.41, 5.74) is 11.3. The predicted molar refractivity (Wildman–Crippen MR) is 210 cm³/mol. The van der Waals surface area contributed by atoms with Crippen molar-refractivity contribution >= 4 is 33.9 Å². The monoisotopic (exact) mass is 778 g/mol. The highest BCUT2D eigenvalue weighted by Crippen LogP contribution is 2.26. The molecular formula is C38H38N18O2. The number of imidazole rings is 2. The molecule has 292 valence electrons. The van der Waals surface area contributed by atoms with Crippen molar-refractivity contribution in [3.63, 3.8) is 0 Å². The minimum Gasteiger partial charge on any atom is -0.378 e. The Morgan fingerprint density at radius 2 is 1.00 bits per heavy atom. The first-order valence-electron chi connectivity index (χ1n) is 18.3. The molecule has 0 fully saturated rings. The minimum atomic E-state index is -0.0966. The predicted octanol–water partition coefficient (Wildman–Crippen LogP) is 4.05. The Morgan fingerprint density at radius 3 is 1.40 bits per heavy atom. The van der Waals surface area contributed by atoms with Gasteiger partial charge in [0.2, 0.25) is 11.3 Å². The van der Waals surface area contributed by atoms with Crippen LogP contribution < -0.4 is 0 Å². The van der Waals surface area contributed by atoms with E-state index in [1.807, 2.05) is 84.3 Å². The Bertz CT molecular complexity index is 2840. The molecule has 0 saturated carbocycles. The molecule has 0 saturated heterocycles. The Morgan fingerprint density at radius 1 is 0.552 bits per heavy atom. The van der Waals surface area contributed by atoms with E-state index in [0.29, 0.717) is 35.8 Å². The molecule has 0 unspecified atom stereocenters. The summed E-state index contributed by atoms with van der Waals surface area (Å²) < 4.78 is 21.6. The minimum absolute atomic E-state index is 0.0966. The Kier molecular flexibility index (Phi) is 9.38. The molecular weight excluding hydrogens is 741 g/mol. The zero-order chi connectivity index (χ0) is 39.9. The van der Waals surface area contributed by atoms with Gasteiger partial charge in [0.1, 0.15) is 11.3 Å². The molecule has 0 N–H and O–H groups in total. The fraction of sp³-hybridized carbons (Fsp3) is 0.263. The van der Waals surface area contributed by atoms with Gasteiger partial charge in [0.25, 0.3) is 0 Å². The highest BCUT2D eigenvalue weighted by Gasteiger charge is 2.20. The molecule has 0 radical (unpaired) electrons. The van der Waals surface area contributed by atoms with Crippen LogP contribution in [0, 0.1) is 0 Å². The van der Waals surface area contributed by atoms with Gasteiger partial charge in [-0.1, -0.05) is 22.6 Å². The van der Waals surface area contributed by atoms with E-state index in [-0.39, 0.29) is 12.1 Å². The molecule has 0 spiro atoms. The average Bonchev–Trinajstić information content (AvgIpc) is 4.11. The first-order chi connectivity index (χ1) is 28.3. The van der Waals surface area contributed by atoms with E-state index in [0.717, 1.165) is 56.3 Å². The lowest BCUT2D eigenvalue weighted by Gasteiger charge is -2.13. The molecule has 10 aromatic rings. The first kappa shape index (κ1) is 36.3. The van der Waals surface area contributed by atoms with Gasteiger partial charge >= 0.3 is 0 Å². The molecule has 20 nitrogen and oxygen atoms in total. The van der Waals surface area contributed by atoms with Crippen LogP contribution in [0.5, 0.6) is 0 Å². The molecule has 0 amide bonds. The SMILES string of the molecule is COCc1cnc2ccc([C@@H](C)n3nnc4ncc(-c5cnn(C)c5)nc43)cn12.COCc1cnc2ccc([C@H](C)n3nnc4ncc(-c5cnn(C)c5)nc43)cn12. The molecule has 0 aliphatic carbocycles. The molecule has 2 atom stereocenters. The number of hydrogen-bond donors (Lipinski definition) is 0. The summed E-state index contributed by atoms with van der Waals surface area (Å²) in [6.07, 6.45) is 18.5. The summed E-state index contributed by atoms with van der Waals surface area (Å²) in [6.45, 7) is 5.09. The van der Waals surface area contributed by atoms with Gasteiger partial charge in [0.05, 0.1) is 85.3 Å². The van der Waals surface area contributed by atoms with Crippen LogP contribution in [-0.4, -0.2) is 102 Å². The van der Waals surface area contributed by atoms with Gasteiger partial charge in [-0.15, -0.1) is 10.2 Å². The largest absolute Gasteiger partial charge is 0.378 e. The fourth-order valence-electron chi connectivity index (χ4n) is 6.75. The smallest absolute Gasteiger partial charge is 0.221 e. The van der Waals surface area contributed by atoms with Gasteiger partial charge in [-0.2, -0.15) is 10.2 Å². The van der Waals surface area contributed by atoms with Crippen molar-refractivity contribution < 1.29 is 9.47 Å². The molecule has 0 aromatic carbocycles. The van der Waals surface area contributed by atoms with E-state index < -0.39 is 0 Å². The van der Waals surface area contributed by atoms with Crippen LogP contribution in [0.15, 0.2) is 86.2 Å². The number of hydrogen-bond acceptors (Lipinski definition) is 14. The number of fused-ring (bicyclic) bond motifs is 4. The van der Waals surface area contributed by atoms with Crippen LogP contribution >= 0.6 is 0 Å². The van der Waals surface area contributed by atoms with Crippen molar-refractivity contribution in [3.8, 4) is 22.5 Å². The fourth-order valence-corrected chi connectivity index (χ4v) is 6.75. The Hall–Kier alpha value is -7.32. The number of ether oxygens (including phenoxy) is 2. The summed E-state index contributed by atoms with van der Waals surface area (Å²) in [7, 11) is 7.08. The number of aromatic nitrogens is 18. The molecule has 0 bridgehead atoms. The zero-order valence-corrected chi connectivity index (χ0v) is 32.5. The highest BCUT2D eigenvalue weighted by atomic mass is 16.5. The lowest BCUT2D eigenvalue weighted by molar-refractivity contribution is 0.181. The Labute approximate surface area is 329 Å². The van der Waals surface area contributed by atoms with Gasteiger partial charge in [-0.3, -0.25) is 9.36 Å². The molecule has 10 aromatic heterocycles. The first-order valence-corrected chi connectivity index (χ1v) is 18.3. The number of rotatable bonds is 10. The lowest BCUT2D eigenvalue weighted by atomic mass is 10.1. The van der Waals surface area contributed by atoms with E-state index in [1.54, 1.807) is 57.7 Å². The third kappa shape index (κ3) is 6.68. The van der Waals surface area contributed by atoms with Gasteiger partial charge in [0.15, 0.2) is 11.3 Å². The number of nitrogens with zero attached hydrogens (tertiary/aromatic N) is 18. The third-order valence-electron chi connectivity index (χ3n) is 9.87. The summed E-state index contributed by atoms with van der Waals surface area (Å²) in [4.78, 5) is 27.2. The standard InChI is InChI=1S/2C19H19N9O/c2*1-12(13-4-5-17-20-7-15(11-29-3)27(17)10-13)28-19-18(24-25-28)21-8-16(23-19)14-6-22-26(2)9-14/h2*4-10,12H,11H2,1-3H3/t2*12-/m10/s1. The molecule has 58 heavy (non-hydrogen) atoms. The van der Waals surface area contributed by atoms with Gasteiger partial charge in [-0.05, 0) is 37.1 Å². The summed E-state index contributed by atoms with van der Waals surface area (Å²) in [5.74, 6) is 0. The van der Waals surface area contributed by atoms with Crippen molar-refractivity contribution in [1.29, 1.82) is 0 Å². The maximum Gasteiger partial charge on any atom is 0.221 e. The maximum absolute atomic E-state index is 5.27. The molecule has 10 rings (SSSR count). The summed E-state index contributed by atoms with van der Waals surface area (Å²) in [6, 6.07) is 7.85.